The van der Waals surface area contributed by atoms with Crippen LogP contribution >= 0.6 is 34.3 Å². The van der Waals surface area contributed by atoms with Crippen molar-refractivity contribution in [3.05, 3.63) is 103 Å². The molecule has 1 aliphatic heterocycles. The highest BCUT2D eigenvalue weighted by molar-refractivity contribution is 7.16. The summed E-state index contributed by atoms with van der Waals surface area (Å²) in [6.07, 6.45) is 3.61. The van der Waals surface area contributed by atoms with Gasteiger partial charge in [-0.25, -0.2) is 4.98 Å². The molecule has 0 saturated heterocycles. The second-order valence-corrected chi connectivity index (χ2v) is 15.7. The SMILES string of the molecule is Cc1nc(NC(=O)c2ccccc2NC(=O)CCCCCCNC(=O)C[C@@H]2N=C(c3ccc(Cl)cc3)c3c(sc(C)c3C)-n3c(C)nnc32)sc1C. The molecule has 52 heavy (non-hydrogen) atoms. The summed E-state index contributed by atoms with van der Waals surface area (Å²) in [6.45, 7) is 10.5. The maximum Gasteiger partial charge on any atom is 0.259 e. The highest BCUT2D eigenvalue weighted by Gasteiger charge is 2.32. The number of hydrogen-bond acceptors (Lipinski definition) is 9. The number of carbonyl (C=O) groups is 3. The van der Waals surface area contributed by atoms with Crippen molar-refractivity contribution in [2.75, 3.05) is 17.2 Å². The second-order valence-electron chi connectivity index (χ2n) is 12.8. The van der Waals surface area contributed by atoms with Crippen molar-refractivity contribution >= 4 is 68.5 Å². The Labute approximate surface area is 316 Å². The molecule has 11 nitrogen and oxygen atoms in total. The summed E-state index contributed by atoms with van der Waals surface area (Å²) >= 11 is 9.31. The van der Waals surface area contributed by atoms with E-state index in [0.717, 1.165) is 63.1 Å². The van der Waals surface area contributed by atoms with E-state index in [9.17, 15) is 14.4 Å². The summed E-state index contributed by atoms with van der Waals surface area (Å²) in [5.74, 6) is 0.801. The van der Waals surface area contributed by atoms with Gasteiger partial charge in [-0.15, -0.1) is 32.9 Å². The van der Waals surface area contributed by atoms with E-state index in [1.165, 1.54) is 16.2 Å². The molecule has 0 unspecified atom stereocenters. The first-order valence-corrected chi connectivity index (χ1v) is 19.3. The maximum atomic E-state index is 13.3. The monoisotopic (exact) mass is 756 g/mol. The number of nitrogens with zero attached hydrogens (tertiary/aromatic N) is 5. The number of thiazole rings is 1. The third-order valence-electron chi connectivity index (χ3n) is 9.08. The Hall–Kier alpha value is -4.72. The molecule has 0 fully saturated rings. The molecular formula is C38H41ClN8O3S2. The Bertz CT molecular complexity index is 2130. The Morgan fingerprint density at radius 3 is 2.35 bits per heavy atom. The number of rotatable bonds is 13. The minimum absolute atomic E-state index is 0.114. The van der Waals surface area contributed by atoms with E-state index in [1.54, 1.807) is 35.6 Å². The smallest absolute Gasteiger partial charge is 0.259 e. The van der Waals surface area contributed by atoms with Crippen LogP contribution in [0.2, 0.25) is 5.02 Å². The maximum absolute atomic E-state index is 13.3. The topological polar surface area (TPSA) is 143 Å². The zero-order chi connectivity index (χ0) is 36.9. The molecular weight excluding hydrogens is 716 g/mol. The average Bonchev–Trinajstić information content (AvgIpc) is 3.72. The first kappa shape index (κ1) is 37.1. The van der Waals surface area contributed by atoms with E-state index < -0.39 is 6.04 Å². The lowest BCUT2D eigenvalue weighted by atomic mass is 9.99. The van der Waals surface area contributed by atoms with Crippen LogP contribution in [0.5, 0.6) is 0 Å². The fourth-order valence-electron chi connectivity index (χ4n) is 6.07. The highest BCUT2D eigenvalue weighted by Crippen LogP contribution is 2.39. The zero-order valence-electron chi connectivity index (χ0n) is 29.8. The molecule has 0 radical (unpaired) electrons. The summed E-state index contributed by atoms with van der Waals surface area (Å²) in [4.78, 5) is 50.7. The van der Waals surface area contributed by atoms with Gasteiger partial charge in [0.15, 0.2) is 11.0 Å². The number of aryl methyl sites for hydroxylation is 4. The highest BCUT2D eigenvalue weighted by atomic mass is 35.5. The van der Waals surface area contributed by atoms with Gasteiger partial charge in [0.1, 0.15) is 16.9 Å². The van der Waals surface area contributed by atoms with Crippen LogP contribution in [0.3, 0.4) is 0 Å². The number of para-hydroxylation sites is 1. The van der Waals surface area contributed by atoms with Crippen molar-refractivity contribution in [2.24, 2.45) is 4.99 Å². The zero-order valence-corrected chi connectivity index (χ0v) is 32.2. The molecule has 2 aromatic carbocycles. The largest absolute Gasteiger partial charge is 0.356 e. The van der Waals surface area contributed by atoms with E-state index in [0.29, 0.717) is 46.6 Å². The van der Waals surface area contributed by atoms with Gasteiger partial charge in [-0.3, -0.25) is 29.3 Å². The fourth-order valence-corrected chi connectivity index (χ4v) is 8.22. The minimum atomic E-state index is -0.526. The fraction of sp³-hybridized carbons (Fsp3) is 0.342. The van der Waals surface area contributed by atoms with Crippen LogP contribution in [0.1, 0.15) is 98.7 Å². The lowest BCUT2D eigenvalue weighted by Crippen LogP contribution is -2.26. The Morgan fingerprint density at radius 2 is 1.60 bits per heavy atom. The number of thiophene rings is 1. The molecule has 0 spiro atoms. The number of hydrogen-bond donors (Lipinski definition) is 3. The number of amides is 3. The molecule has 14 heteroatoms. The number of anilines is 2. The molecule has 0 bridgehead atoms. The van der Waals surface area contributed by atoms with E-state index in [1.807, 2.05) is 49.6 Å². The molecule has 1 aliphatic rings. The van der Waals surface area contributed by atoms with Crippen molar-refractivity contribution in [1.29, 1.82) is 0 Å². The van der Waals surface area contributed by atoms with Gasteiger partial charge in [0.25, 0.3) is 5.91 Å². The molecule has 3 aromatic heterocycles. The lowest BCUT2D eigenvalue weighted by molar-refractivity contribution is -0.121. The molecule has 6 rings (SSSR count). The summed E-state index contributed by atoms with van der Waals surface area (Å²) < 4.78 is 2.04. The third-order valence-corrected chi connectivity index (χ3v) is 11.5. The standard InChI is InChI=1S/C38H41ClN8O3S2/c1-21-23(3)51-37-33(21)34(26-15-17-27(39)18-16-26)43-30(35-46-45-25(5)47(35)37)20-32(49)40-19-11-7-6-8-14-31(48)42-29-13-10-9-12-28(29)36(50)44-38-41-22(2)24(4)52-38/h9-10,12-13,15-18,30H,6-8,11,14,19-20H2,1-5H3,(H,40,49)(H,42,48)(H,41,44,50)/t30-/m0/s1. The minimum Gasteiger partial charge on any atom is -0.356 e. The number of nitrogens with one attached hydrogen (secondary N) is 3. The van der Waals surface area contributed by atoms with Gasteiger partial charge in [-0.1, -0.05) is 48.7 Å². The van der Waals surface area contributed by atoms with Crippen molar-refractivity contribution in [3.8, 4) is 5.00 Å². The van der Waals surface area contributed by atoms with Crippen LogP contribution in [-0.2, 0) is 9.59 Å². The summed E-state index contributed by atoms with van der Waals surface area (Å²) in [5.41, 5.74) is 5.62. The van der Waals surface area contributed by atoms with E-state index in [4.69, 9.17) is 16.6 Å². The summed E-state index contributed by atoms with van der Waals surface area (Å²) in [7, 11) is 0. The van der Waals surface area contributed by atoms with E-state index in [2.05, 4.69) is 45.0 Å². The summed E-state index contributed by atoms with van der Waals surface area (Å²) in [6, 6.07) is 14.0. The van der Waals surface area contributed by atoms with Gasteiger partial charge < -0.3 is 10.6 Å². The first-order chi connectivity index (χ1) is 25.0. The van der Waals surface area contributed by atoms with Crippen LogP contribution in [0.25, 0.3) is 5.00 Å². The van der Waals surface area contributed by atoms with E-state index in [-0.39, 0.29) is 24.1 Å². The molecule has 0 aliphatic carbocycles. The van der Waals surface area contributed by atoms with Gasteiger partial charge in [0.2, 0.25) is 11.8 Å². The van der Waals surface area contributed by atoms with Gasteiger partial charge in [-0.2, -0.15) is 0 Å². The number of halogens is 1. The number of benzene rings is 2. The quantitative estimate of drug-likeness (QED) is 0.103. The van der Waals surface area contributed by atoms with Crippen molar-refractivity contribution in [3.63, 3.8) is 0 Å². The number of fused-ring (bicyclic) bond motifs is 3. The predicted molar refractivity (Wildman–Crippen MR) is 209 cm³/mol. The van der Waals surface area contributed by atoms with Crippen molar-refractivity contribution < 1.29 is 14.4 Å². The normalized spacial score (nSPS) is 13.5. The molecule has 3 N–H and O–H groups in total. The molecule has 270 valence electrons. The first-order valence-electron chi connectivity index (χ1n) is 17.3. The molecule has 4 heterocycles. The summed E-state index contributed by atoms with van der Waals surface area (Å²) in [5, 5.41) is 19.8. The van der Waals surface area contributed by atoms with Gasteiger partial charge in [-0.05, 0) is 77.3 Å². The molecule has 0 saturated carbocycles. The van der Waals surface area contributed by atoms with Gasteiger partial charge in [0.05, 0.1) is 29.1 Å². The molecule has 1 atom stereocenters. The van der Waals surface area contributed by atoms with Crippen LogP contribution < -0.4 is 16.0 Å². The molecule has 3 amide bonds. The van der Waals surface area contributed by atoms with Gasteiger partial charge >= 0.3 is 0 Å². The second kappa shape index (κ2) is 16.3. The lowest BCUT2D eigenvalue weighted by Gasteiger charge is -2.13. The Balaban J connectivity index is 0.992. The number of aromatic nitrogens is 4. The van der Waals surface area contributed by atoms with Crippen molar-refractivity contribution in [2.45, 2.75) is 79.2 Å². The van der Waals surface area contributed by atoms with Crippen LogP contribution in [0, 0.1) is 34.6 Å². The van der Waals surface area contributed by atoms with Crippen LogP contribution in [0.4, 0.5) is 10.8 Å². The van der Waals surface area contributed by atoms with E-state index >= 15 is 0 Å². The Morgan fingerprint density at radius 1 is 0.846 bits per heavy atom. The van der Waals surface area contributed by atoms with Crippen molar-refractivity contribution in [1.82, 2.24) is 25.1 Å². The van der Waals surface area contributed by atoms with Crippen LogP contribution in [0.15, 0.2) is 53.5 Å². The average molecular weight is 757 g/mol. The number of carbonyl (C=O) groups excluding carboxylic acids is 3. The Kier molecular flexibility index (Phi) is 11.6. The third kappa shape index (κ3) is 8.32. The van der Waals surface area contributed by atoms with Crippen LogP contribution in [-0.4, -0.2) is 49.7 Å². The number of unbranched alkanes of at least 4 members (excludes halogenated alkanes) is 3. The van der Waals surface area contributed by atoms with Gasteiger partial charge in [0, 0.05) is 38.9 Å². The number of aliphatic imine (C=N–C) groups is 1. The molecule has 5 aromatic rings. The predicted octanol–water partition coefficient (Wildman–Crippen LogP) is 8.22.